The van der Waals surface area contributed by atoms with Crippen molar-refractivity contribution in [3.05, 3.63) is 67.9 Å². The van der Waals surface area contributed by atoms with E-state index < -0.39 is 6.04 Å². The molecule has 0 bridgehead atoms. The first-order valence-electron chi connectivity index (χ1n) is 5.62. The Balaban J connectivity index is 2.25. The molecule has 0 radical (unpaired) electrons. The third-order valence-corrected chi connectivity index (χ3v) is 3.89. The van der Waals surface area contributed by atoms with Crippen LogP contribution >= 0.6 is 39.1 Å². The molecule has 100 valence electrons. The van der Waals surface area contributed by atoms with E-state index in [1.807, 2.05) is 0 Å². The second-order valence-corrected chi connectivity index (χ2v) is 5.97. The lowest BCUT2D eigenvalue weighted by Crippen LogP contribution is -2.15. The van der Waals surface area contributed by atoms with E-state index in [9.17, 15) is 4.39 Å². The molecule has 2 N–H and O–H groups in total. The summed E-state index contributed by atoms with van der Waals surface area (Å²) in [6.45, 7) is 0. The predicted molar refractivity (Wildman–Crippen MR) is 81.2 cm³/mol. The number of hydrogen-bond acceptors (Lipinski definition) is 1. The minimum Gasteiger partial charge on any atom is -0.324 e. The molecule has 0 fully saturated rings. The van der Waals surface area contributed by atoms with Crippen LogP contribution in [0.15, 0.2) is 40.9 Å². The maximum absolute atomic E-state index is 13.7. The Morgan fingerprint density at radius 2 is 1.89 bits per heavy atom. The Morgan fingerprint density at radius 3 is 2.58 bits per heavy atom. The lowest BCUT2D eigenvalue weighted by Gasteiger charge is -2.14. The molecule has 2 rings (SSSR count). The van der Waals surface area contributed by atoms with E-state index in [4.69, 9.17) is 28.9 Å². The molecule has 0 amide bonds. The number of benzene rings is 2. The zero-order chi connectivity index (χ0) is 14.0. The van der Waals surface area contributed by atoms with Gasteiger partial charge in [-0.2, -0.15) is 0 Å². The molecule has 1 unspecified atom stereocenters. The van der Waals surface area contributed by atoms with E-state index in [-0.39, 0.29) is 5.82 Å². The van der Waals surface area contributed by atoms with Crippen LogP contribution in [0.5, 0.6) is 0 Å². The molecule has 2 aromatic carbocycles. The highest BCUT2D eigenvalue weighted by molar-refractivity contribution is 9.10. The first-order valence-corrected chi connectivity index (χ1v) is 7.16. The summed E-state index contributed by atoms with van der Waals surface area (Å²) in [7, 11) is 0. The van der Waals surface area contributed by atoms with Crippen LogP contribution in [-0.2, 0) is 6.42 Å². The molecule has 0 aliphatic rings. The molecule has 0 aromatic heterocycles. The molecular formula is C14H11BrCl2FN. The van der Waals surface area contributed by atoms with Crippen molar-refractivity contribution in [2.75, 3.05) is 0 Å². The molecule has 5 heteroatoms. The minimum atomic E-state index is -0.462. The summed E-state index contributed by atoms with van der Waals surface area (Å²) in [5, 5.41) is 1.11. The monoisotopic (exact) mass is 361 g/mol. The van der Waals surface area contributed by atoms with E-state index in [2.05, 4.69) is 15.9 Å². The van der Waals surface area contributed by atoms with Crippen LogP contribution in [0.25, 0.3) is 0 Å². The average Bonchev–Trinajstić information content (AvgIpc) is 2.35. The van der Waals surface area contributed by atoms with Gasteiger partial charge in [-0.1, -0.05) is 45.2 Å². The molecule has 1 atom stereocenters. The quantitative estimate of drug-likeness (QED) is 0.803. The first-order chi connectivity index (χ1) is 8.97. The Labute approximate surface area is 129 Å². The Kier molecular flexibility index (Phi) is 4.85. The van der Waals surface area contributed by atoms with Crippen molar-refractivity contribution in [3.63, 3.8) is 0 Å². The zero-order valence-corrected chi connectivity index (χ0v) is 12.9. The van der Waals surface area contributed by atoms with Crippen molar-refractivity contribution < 1.29 is 4.39 Å². The van der Waals surface area contributed by atoms with Gasteiger partial charge in [-0.15, -0.1) is 0 Å². The summed E-state index contributed by atoms with van der Waals surface area (Å²) < 4.78 is 14.5. The molecule has 0 aliphatic heterocycles. The molecule has 19 heavy (non-hydrogen) atoms. The minimum absolute atomic E-state index is 0.319. The molecule has 0 saturated heterocycles. The highest BCUT2D eigenvalue weighted by Gasteiger charge is 2.14. The van der Waals surface area contributed by atoms with Crippen LogP contribution < -0.4 is 5.73 Å². The third kappa shape index (κ3) is 3.69. The SMILES string of the molecule is NC(Cc1ccc(Cl)cc1Cl)c1cc(Br)ccc1F. The highest BCUT2D eigenvalue weighted by atomic mass is 79.9. The number of nitrogens with two attached hydrogens (primary N) is 1. The van der Waals surface area contributed by atoms with E-state index in [1.54, 1.807) is 30.3 Å². The van der Waals surface area contributed by atoms with Crippen molar-refractivity contribution >= 4 is 39.1 Å². The van der Waals surface area contributed by atoms with Gasteiger partial charge < -0.3 is 5.73 Å². The van der Waals surface area contributed by atoms with Crippen LogP contribution in [0, 0.1) is 5.82 Å². The van der Waals surface area contributed by atoms with Crippen LogP contribution in [0.4, 0.5) is 4.39 Å². The van der Waals surface area contributed by atoms with Crippen LogP contribution in [-0.4, -0.2) is 0 Å². The van der Waals surface area contributed by atoms with Crippen LogP contribution in [0.1, 0.15) is 17.2 Å². The Morgan fingerprint density at radius 1 is 1.16 bits per heavy atom. The molecule has 0 spiro atoms. The predicted octanol–water partition coefficient (Wildman–Crippen LogP) is 5.14. The standard InChI is InChI=1S/C14H11BrCl2FN/c15-9-2-4-13(18)11(6-9)14(19)5-8-1-3-10(16)7-12(8)17/h1-4,6-7,14H,5,19H2. The lowest BCUT2D eigenvalue weighted by molar-refractivity contribution is 0.580. The first kappa shape index (κ1) is 14.8. The van der Waals surface area contributed by atoms with Crippen molar-refractivity contribution in [2.24, 2.45) is 5.73 Å². The lowest BCUT2D eigenvalue weighted by atomic mass is 9.99. The van der Waals surface area contributed by atoms with Gasteiger partial charge in [0, 0.05) is 26.1 Å². The third-order valence-electron chi connectivity index (χ3n) is 2.81. The van der Waals surface area contributed by atoms with Crippen molar-refractivity contribution in [1.29, 1.82) is 0 Å². The van der Waals surface area contributed by atoms with Gasteiger partial charge in [-0.25, -0.2) is 4.39 Å². The molecular weight excluding hydrogens is 352 g/mol. The zero-order valence-electron chi connectivity index (χ0n) is 9.84. The summed E-state index contributed by atoms with van der Waals surface area (Å²) in [5.74, 6) is -0.319. The fourth-order valence-corrected chi connectivity index (χ4v) is 2.70. The largest absolute Gasteiger partial charge is 0.324 e. The van der Waals surface area contributed by atoms with Gasteiger partial charge in [0.2, 0.25) is 0 Å². The summed E-state index contributed by atoms with van der Waals surface area (Å²) in [4.78, 5) is 0. The van der Waals surface area contributed by atoms with Gasteiger partial charge in [0.05, 0.1) is 0 Å². The van der Waals surface area contributed by atoms with Gasteiger partial charge in [0.1, 0.15) is 5.82 Å². The van der Waals surface area contributed by atoms with E-state index in [0.717, 1.165) is 10.0 Å². The molecule has 0 saturated carbocycles. The van der Waals surface area contributed by atoms with E-state index in [0.29, 0.717) is 22.0 Å². The fourth-order valence-electron chi connectivity index (χ4n) is 1.83. The molecule has 2 aromatic rings. The van der Waals surface area contributed by atoms with Crippen molar-refractivity contribution in [1.82, 2.24) is 0 Å². The fraction of sp³-hybridized carbons (Fsp3) is 0.143. The Hall–Kier alpha value is -0.610. The van der Waals surface area contributed by atoms with Gasteiger partial charge in [-0.3, -0.25) is 0 Å². The van der Waals surface area contributed by atoms with Gasteiger partial charge in [-0.05, 0) is 42.3 Å². The van der Waals surface area contributed by atoms with E-state index >= 15 is 0 Å². The Bertz CT molecular complexity index is 604. The number of halogens is 4. The molecule has 0 heterocycles. The van der Waals surface area contributed by atoms with Crippen molar-refractivity contribution in [2.45, 2.75) is 12.5 Å². The second-order valence-electron chi connectivity index (χ2n) is 4.21. The normalized spacial score (nSPS) is 12.5. The maximum Gasteiger partial charge on any atom is 0.128 e. The van der Waals surface area contributed by atoms with Crippen LogP contribution in [0.3, 0.4) is 0 Å². The highest BCUT2D eigenvalue weighted by Crippen LogP contribution is 2.27. The van der Waals surface area contributed by atoms with Crippen LogP contribution in [0.2, 0.25) is 10.0 Å². The smallest absolute Gasteiger partial charge is 0.128 e. The second kappa shape index (κ2) is 6.23. The topological polar surface area (TPSA) is 26.0 Å². The van der Waals surface area contributed by atoms with Gasteiger partial charge >= 0.3 is 0 Å². The molecule has 0 aliphatic carbocycles. The van der Waals surface area contributed by atoms with Gasteiger partial charge in [0.25, 0.3) is 0 Å². The van der Waals surface area contributed by atoms with Gasteiger partial charge in [0.15, 0.2) is 0 Å². The average molecular weight is 363 g/mol. The summed E-state index contributed by atoms with van der Waals surface area (Å²) in [5.41, 5.74) is 7.36. The van der Waals surface area contributed by atoms with E-state index in [1.165, 1.54) is 6.07 Å². The number of rotatable bonds is 3. The summed E-state index contributed by atoms with van der Waals surface area (Å²) in [6.07, 6.45) is 0.448. The summed E-state index contributed by atoms with van der Waals surface area (Å²) in [6, 6.07) is 9.46. The van der Waals surface area contributed by atoms with Crippen molar-refractivity contribution in [3.8, 4) is 0 Å². The maximum atomic E-state index is 13.7. The molecule has 1 nitrogen and oxygen atoms in total. The summed E-state index contributed by atoms with van der Waals surface area (Å²) >= 11 is 15.2. The number of hydrogen-bond donors (Lipinski definition) is 1.